The lowest BCUT2D eigenvalue weighted by Crippen LogP contribution is -2.27. The maximum Gasteiger partial charge on any atom is 0.224 e. The molecule has 0 saturated heterocycles. The van der Waals surface area contributed by atoms with Crippen molar-refractivity contribution in [2.45, 2.75) is 33.2 Å². The third kappa shape index (κ3) is 4.56. The molecule has 2 aromatic heterocycles. The maximum atomic E-state index is 12.1. The van der Waals surface area contributed by atoms with E-state index in [1.54, 1.807) is 10.9 Å². The Hall–Kier alpha value is -2.89. The maximum absolute atomic E-state index is 12.1. The summed E-state index contributed by atoms with van der Waals surface area (Å²) in [5.74, 6) is 0.0419. The molecule has 3 rings (SSSR count). The van der Waals surface area contributed by atoms with Crippen LogP contribution in [0.4, 0.5) is 0 Å². The van der Waals surface area contributed by atoms with Crippen LogP contribution in [-0.4, -0.2) is 32.0 Å². The number of aryl methyl sites for hydroxylation is 3. The quantitative estimate of drug-likeness (QED) is 0.674. The van der Waals surface area contributed by atoms with Crippen molar-refractivity contribution in [1.82, 2.24) is 24.9 Å². The van der Waals surface area contributed by atoms with Gasteiger partial charge in [0.25, 0.3) is 0 Å². The molecule has 1 aromatic carbocycles. The van der Waals surface area contributed by atoms with E-state index in [-0.39, 0.29) is 5.91 Å². The normalized spacial score (nSPS) is 10.8. The first-order chi connectivity index (χ1) is 12.1. The van der Waals surface area contributed by atoms with E-state index >= 15 is 0 Å². The zero-order valence-corrected chi connectivity index (χ0v) is 14.6. The summed E-state index contributed by atoms with van der Waals surface area (Å²) >= 11 is 0. The van der Waals surface area contributed by atoms with E-state index < -0.39 is 0 Å². The van der Waals surface area contributed by atoms with Crippen LogP contribution >= 0.6 is 0 Å². The highest BCUT2D eigenvalue weighted by atomic mass is 16.1. The number of carbonyl (C=O) groups excluding carboxylic acids is 1. The second kappa shape index (κ2) is 7.79. The first kappa shape index (κ1) is 17.0. The summed E-state index contributed by atoms with van der Waals surface area (Å²) in [6, 6.07) is 11.8. The van der Waals surface area contributed by atoms with Gasteiger partial charge in [-0.2, -0.15) is 10.2 Å². The second-order valence-corrected chi connectivity index (χ2v) is 6.15. The van der Waals surface area contributed by atoms with Gasteiger partial charge in [0.1, 0.15) is 0 Å². The molecule has 1 N–H and O–H groups in total. The molecule has 25 heavy (non-hydrogen) atoms. The average Bonchev–Trinajstić information content (AvgIpc) is 3.22. The summed E-state index contributed by atoms with van der Waals surface area (Å²) in [5.41, 5.74) is 4.16. The van der Waals surface area contributed by atoms with Crippen LogP contribution in [0.1, 0.15) is 23.4 Å². The first-order valence-corrected chi connectivity index (χ1v) is 8.48. The number of amides is 1. The van der Waals surface area contributed by atoms with E-state index in [9.17, 15) is 4.79 Å². The fraction of sp³-hybridized carbons (Fsp3) is 0.316. The lowest BCUT2D eigenvalue weighted by Gasteiger charge is -2.07. The van der Waals surface area contributed by atoms with Gasteiger partial charge in [0.05, 0.1) is 17.8 Å². The van der Waals surface area contributed by atoms with Gasteiger partial charge in [-0.3, -0.25) is 9.48 Å². The molecule has 130 valence electrons. The monoisotopic (exact) mass is 337 g/mol. The van der Waals surface area contributed by atoms with E-state index in [1.807, 2.05) is 55.1 Å². The highest BCUT2D eigenvalue weighted by Crippen LogP contribution is 2.09. The molecule has 0 aliphatic heterocycles. The Labute approximate surface area is 147 Å². The number of hydrogen-bond acceptors (Lipinski definition) is 3. The van der Waals surface area contributed by atoms with Crippen molar-refractivity contribution < 1.29 is 4.79 Å². The van der Waals surface area contributed by atoms with Crippen molar-refractivity contribution in [1.29, 1.82) is 0 Å². The Kier molecular flexibility index (Phi) is 5.28. The van der Waals surface area contributed by atoms with Crippen LogP contribution in [0.15, 0.2) is 48.8 Å². The van der Waals surface area contributed by atoms with Gasteiger partial charge in [-0.15, -0.1) is 0 Å². The molecule has 1 amide bonds. The minimum atomic E-state index is 0.0419. The molecule has 0 saturated carbocycles. The molecule has 3 aromatic rings. The van der Waals surface area contributed by atoms with E-state index in [0.29, 0.717) is 13.0 Å². The highest BCUT2D eigenvalue weighted by molar-refractivity contribution is 5.78. The number of hydrogen-bond donors (Lipinski definition) is 1. The molecule has 0 bridgehead atoms. The first-order valence-electron chi connectivity index (χ1n) is 8.48. The second-order valence-electron chi connectivity index (χ2n) is 6.15. The molecule has 0 unspecified atom stereocenters. The summed E-state index contributed by atoms with van der Waals surface area (Å²) in [4.78, 5) is 12.1. The molecule has 0 radical (unpaired) electrons. The Morgan fingerprint density at radius 3 is 2.64 bits per heavy atom. The number of carbonyl (C=O) groups is 1. The Morgan fingerprint density at radius 1 is 1.20 bits per heavy atom. The fourth-order valence-corrected chi connectivity index (χ4v) is 2.79. The Bertz CT molecular complexity index is 818. The van der Waals surface area contributed by atoms with E-state index in [4.69, 9.17) is 0 Å². The van der Waals surface area contributed by atoms with Crippen molar-refractivity contribution in [3.63, 3.8) is 0 Å². The molecule has 0 spiro atoms. The molecular formula is C19H23N5O. The molecule has 0 fully saturated rings. The summed E-state index contributed by atoms with van der Waals surface area (Å²) in [7, 11) is 0. The van der Waals surface area contributed by atoms with Crippen molar-refractivity contribution in [2.75, 3.05) is 6.54 Å². The zero-order valence-electron chi connectivity index (χ0n) is 14.6. The lowest BCUT2D eigenvalue weighted by molar-refractivity contribution is -0.120. The van der Waals surface area contributed by atoms with Crippen LogP contribution in [0.25, 0.3) is 5.69 Å². The largest absolute Gasteiger partial charge is 0.356 e. The summed E-state index contributed by atoms with van der Waals surface area (Å²) < 4.78 is 3.78. The van der Waals surface area contributed by atoms with Gasteiger partial charge in [-0.1, -0.05) is 12.1 Å². The molecule has 0 aliphatic carbocycles. The number of nitrogens with one attached hydrogen (secondary N) is 1. The highest BCUT2D eigenvalue weighted by Gasteiger charge is 2.05. The van der Waals surface area contributed by atoms with Crippen LogP contribution in [0.5, 0.6) is 0 Å². The Balaban J connectivity index is 1.42. The summed E-state index contributed by atoms with van der Waals surface area (Å²) in [6.07, 6.45) is 4.89. The van der Waals surface area contributed by atoms with E-state index in [1.165, 1.54) is 0 Å². The van der Waals surface area contributed by atoms with Crippen LogP contribution < -0.4 is 5.32 Å². The molecule has 0 atom stereocenters. The van der Waals surface area contributed by atoms with Crippen molar-refractivity contribution in [2.24, 2.45) is 0 Å². The minimum absolute atomic E-state index is 0.0419. The number of rotatable bonds is 7. The standard InChI is InChI=1S/C19H23N5O/c1-15-13-16(2)23(22-15)11-3-9-20-19(25)14-17-5-7-18(8-6-17)24-12-4-10-21-24/h4-8,10,12-13H,3,9,11,14H2,1-2H3,(H,20,25). The molecule has 0 aliphatic rings. The SMILES string of the molecule is Cc1cc(C)n(CCCNC(=O)Cc2ccc(-n3cccn3)cc2)n1. The minimum Gasteiger partial charge on any atom is -0.356 e. The predicted molar refractivity (Wildman–Crippen MR) is 96.6 cm³/mol. The van der Waals surface area contributed by atoms with Gasteiger partial charge >= 0.3 is 0 Å². The topological polar surface area (TPSA) is 64.7 Å². The van der Waals surface area contributed by atoms with Gasteiger partial charge < -0.3 is 5.32 Å². The predicted octanol–water partition coefficient (Wildman–Crippen LogP) is 2.43. The van der Waals surface area contributed by atoms with E-state index in [2.05, 4.69) is 21.6 Å². The fourth-order valence-electron chi connectivity index (χ4n) is 2.79. The third-order valence-corrected chi connectivity index (χ3v) is 4.04. The van der Waals surface area contributed by atoms with Gasteiger partial charge in [0.15, 0.2) is 0 Å². The van der Waals surface area contributed by atoms with Crippen molar-refractivity contribution >= 4 is 5.91 Å². The zero-order chi connectivity index (χ0) is 17.6. The van der Waals surface area contributed by atoms with E-state index in [0.717, 1.165) is 35.6 Å². The van der Waals surface area contributed by atoms with Crippen LogP contribution in [0.2, 0.25) is 0 Å². The molecule has 6 nitrogen and oxygen atoms in total. The van der Waals surface area contributed by atoms with Gasteiger partial charge in [-0.25, -0.2) is 4.68 Å². The van der Waals surface area contributed by atoms with Crippen LogP contribution in [0, 0.1) is 13.8 Å². The van der Waals surface area contributed by atoms with Crippen LogP contribution in [0.3, 0.4) is 0 Å². The molecular weight excluding hydrogens is 314 g/mol. The number of benzene rings is 1. The molecule has 6 heteroatoms. The lowest BCUT2D eigenvalue weighted by atomic mass is 10.1. The third-order valence-electron chi connectivity index (χ3n) is 4.04. The van der Waals surface area contributed by atoms with Crippen molar-refractivity contribution in [3.05, 3.63) is 65.7 Å². The smallest absolute Gasteiger partial charge is 0.224 e. The summed E-state index contributed by atoms with van der Waals surface area (Å²) in [6.45, 7) is 5.51. The van der Waals surface area contributed by atoms with Crippen molar-refractivity contribution in [3.8, 4) is 5.69 Å². The number of aromatic nitrogens is 4. The Morgan fingerprint density at radius 2 is 2.00 bits per heavy atom. The average molecular weight is 337 g/mol. The number of nitrogens with zero attached hydrogens (tertiary/aromatic N) is 4. The summed E-state index contributed by atoms with van der Waals surface area (Å²) in [5, 5.41) is 11.6. The molecule has 2 heterocycles. The van der Waals surface area contributed by atoms with Crippen LogP contribution in [-0.2, 0) is 17.8 Å². The van der Waals surface area contributed by atoms with Gasteiger partial charge in [0, 0.05) is 31.2 Å². The van der Waals surface area contributed by atoms with Gasteiger partial charge in [0.2, 0.25) is 5.91 Å². The van der Waals surface area contributed by atoms with Gasteiger partial charge in [-0.05, 0) is 50.1 Å².